The van der Waals surface area contributed by atoms with Crippen LogP contribution >= 0.6 is 0 Å². The lowest BCUT2D eigenvalue weighted by atomic mass is 10.1. The first-order valence-corrected chi connectivity index (χ1v) is 5.77. The molecule has 1 heterocycles. The average Bonchev–Trinajstić information content (AvgIpc) is 2.87. The van der Waals surface area contributed by atoms with Crippen molar-refractivity contribution >= 4 is 5.78 Å². The van der Waals surface area contributed by atoms with Gasteiger partial charge in [0.15, 0.2) is 0 Å². The number of hydrogen-bond acceptors (Lipinski definition) is 2. The van der Waals surface area contributed by atoms with Crippen molar-refractivity contribution in [2.75, 3.05) is 0 Å². The van der Waals surface area contributed by atoms with Crippen molar-refractivity contribution in [1.82, 2.24) is 4.57 Å². The highest BCUT2D eigenvalue weighted by molar-refractivity contribution is 6.00. The maximum Gasteiger partial charge on any atom is 0.454 e. The second-order valence-electron chi connectivity index (χ2n) is 4.32. The molecule has 2 aromatic rings. The number of rotatable bonds is 3. The van der Waals surface area contributed by atoms with E-state index in [0.29, 0.717) is 0 Å². The van der Waals surface area contributed by atoms with Gasteiger partial charge in [-0.05, 0) is 24.3 Å². The molecule has 21 heavy (non-hydrogen) atoms. The van der Waals surface area contributed by atoms with Crippen molar-refractivity contribution in [3.63, 3.8) is 0 Å². The summed E-state index contributed by atoms with van der Waals surface area (Å²) in [6, 6.07) is 6.58. The van der Waals surface area contributed by atoms with E-state index < -0.39 is 23.3 Å². The van der Waals surface area contributed by atoms with Crippen LogP contribution in [0.25, 0.3) is 0 Å². The zero-order chi connectivity index (χ0) is 15.6. The molecule has 7 heteroatoms. The molecular weight excluding hydrogens is 288 g/mol. The molecule has 0 amide bonds. The number of hydrogen-bond donors (Lipinski definition) is 0. The highest BCUT2D eigenvalue weighted by Crippen LogP contribution is 2.22. The van der Waals surface area contributed by atoms with Crippen LogP contribution < -0.4 is 0 Å². The highest BCUT2D eigenvalue weighted by Gasteiger charge is 2.39. The summed E-state index contributed by atoms with van der Waals surface area (Å²) >= 11 is 0. The Morgan fingerprint density at radius 3 is 2.62 bits per heavy atom. The van der Waals surface area contributed by atoms with Gasteiger partial charge >= 0.3 is 6.18 Å². The zero-order valence-corrected chi connectivity index (χ0v) is 10.5. The van der Waals surface area contributed by atoms with Gasteiger partial charge in [-0.3, -0.25) is 4.79 Å². The lowest BCUT2D eigenvalue weighted by Crippen LogP contribution is -2.22. The first kappa shape index (κ1) is 14.8. The van der Waals surface area contributed by atoms with E-state index in [9.17, 15) is 22.4 Å². The molecule has 0 spiro atoms. The van der Waals surface area contributed by atoms with Gasteiger partial charge in [-0.25, -0.2) is 4.39 Å². The molecule has 0 bridgehead atoms. The van der Waals surface area contributed by atoms with Crippen LogP contribution in [0, 0.1) is 17.1 Å². The Morgan fingerprint density at radius 2 is 2.00 bits per heavy atom. The first-order valence-electron chi connectivity index (χ1n) is 5.77. The van der Waals surface area contributed by atoms with E-state index in [1.54, 1.807) is 0 Å². The van der Waals surface area contributed by atoms with Crippen molar-refractivity contribution in [1.29, 1.82) is 5.26 Å². The predicted molar refractivity (Wildman–Crippen MR) is 65.0 cm³/mol. The zero-order valence-electron chi connectivity index (χ0n) is 10.5. The highest BCUT2D eigenvalue weighted by atomic mass is 19.4. The molecule has 3 nitrogen and oxygen atoms in total. The van der Waals surface area contributed by atoms with Gasteiger partial charge in [0.1, 0.15) is 5.82 Å². The average molecular weight is 296 g/mol. The third-order valence-corrected chi connectivity index (χ3v) is 2.80. The third kappa shape index (κ3) is 3.28. The van der Waals surface area contributed by atoms with Gasteiger partial charge < -0.3 is 4.57 Å². The standard InChI is InChI=1S/C14H8F4N2O/c15-12-2-1-9(6-19)5-11(12)8-20-4-3-10(7-20)13(21)14(16,17)18/h1-5,7H,8H2. The fourth-order valence-electron chi connectivity index (χ4n) is 1.80. The molecule has 2 rings (SSSR count). The molecule has 0 atom stereocenters. The number of halogens is 4. The number of carbonyl (C=O) groups excluding carboxylic acids is 1. The Balaban J connectivity index is 2.25. The molecule has 0 N–H and O–H groups in total. The molecule has 1 aromatic carbocycles. The van der Waals surface area contributed by atoms with E-state index in [4.69, 9.17) is 5.26 Å². The Kier molecular flexibility index (Phi) is 3.80. The molecule has 0 saturated carbocycles. The predicted octanol–water partition coefficient (Wildman–Crippen LogP) is 3.29. The molecule has 0 fully saturated rings. The van der Waals surface area contributed by atoms with E-state index >= 15 is 0 Å². The van der Waals surface area contributed by atoms with Crippen LogP contribution in [0.4, 0.5) is 17.6 Å². The van der Waals surface area contributed by atoms with Gasteiger partial charge in [0.25, 0.3) is 5.78 Å². The normalized spacial score (nSPS) is 11.2. The quantitative estimate of drug-likeness (QED) is 0.644. The summed E-state index contributed by atoms with van der Waals surface area (Å²) in [5.41, 5.74) is -0.125. The number of alkyl halides is 3. The van der Waals surface area contributed by atoms with E-state index in [1.807, 2.05) is 6.07 Å². The SMILES string of the molecule is N#Cc1ccc(F)c(Cn2ccc(C(=O)C(F)(F)F)c2)c1. The van der Waals surface area contributed by atoms with Gasteiger partial charge in [-0.15, -0.1) is 0 Å². The van der Waals surface area contributed by atoms with Crippen molar-refractivity contribution < 1.29 is 22.4 Å². The number of Topliss-reactive ketones (excluding diaryl/α,β-unsaturated/α-hetero) is 1. The topological polar surface area (TPSA) is 45.8 Å². The minimum absolute atomic E-state index is 0.0769. The molecule has 0 saturated heterocycles. The van der Waals surface area contributed by atoms with E-state index in [-0.39, 0.29) is 17.7 Å². The van der Waals surface area contributed by atoms with Crippen LogP contribution in [-0.2, 0) is 6.54 Å². The molecular formula is C14H8F4N2O. The monoisotopic (exact) mass is 296 g/mol. The summed E-state index contributed by atoms with van der Waals surface area (Å²) in [5, 5.41) is 8.74. The van der Waals surface area contributed by atoms with E-state index in [2.05, 4.69) is 0 Å². The minimum atomic E-state index is -4.95. The van der Waals surface area contributed by atoms with Crippen molar-refractivity contribution in [3.8, 4) is 6.07 Å². The smallest absolute Gasteiger partial charge is 0.349 e. The summed E-state index contributed by atoms with van der Waals surface area (Å²) in [6.07, 6.45) is -2.70. The molecule has 0 aliphatic rings. The maximum atomic E-state index is 13.6. The van der Waals surface area contributed by atoms with Gasteiger partial charge in [0, 0.05) is 30.1 Å². The maximum absolute atomic E-state index is 13.6. The molecule has 1 aromatic heterocycles. The molecule has 108 valence electrons. The van der Waals surface area contributed by atoms with Gasteiger partial charge in [-0.1, -0.05) is 0 Å². The molecule has 0 aliphatic carbocycles. The van der Waals surface area contributed by atoms with Crippen LogP contribution in [0.2, 0.25) is 0 Å². The number of nitrogens with zero attached hydrogens (tertiary/aromatic N) is 2. The second kappa shape index (κ2) is 5.40. The fourth-order valence-corrected chi connectivity index (χ4v) is 1.80. The molecule has 0 radical (unpaired) electrons. The van der Waals surface area contributed by atoms with Crippen molar-refractivity contribution in [3.05, 3.63) is 59.2 Å². The van der Waals surface area contributed by atoms with Crippen molar-refractivity contribution in [2.24, 2.45) is 0 Å². The third-order valence-electron chi connectivity index (χ3n) is 2.80. The number of carbonyl (C=O) groups is 1. The van der Waals surface area contributed by atoms with Crippen LogP contribution in [0.5, 0.6) is 0 Å². The van der Waals surface area contributed by atoms with Gasteiger partial charge in [-0.2, -0.15) is 18.4 Å². The Morgan fingerprint density at radius 1 is 1.29 bits per heavy atom. The summed E-state index contributed by atoms with van der Waals surface area (Å²) in [6.45, 7) is -0.0769. The molecule has 0 unspecified atom stereocenters. The number of nitriles is 1. The second-order valence-corrected chi connectivity index (χ2v) is 4.32. The summed E-state index contributed by atoms with van der Waals surface area (Å²) in [7, 11) is 0. The molecule has 0 aliphatic heterocycles. The lowest BCUT2D eigenvalue weighted by molar-refractivity contribution is -0.0885. The Bertz CT molecular complexity index is 725. The largest absolute Gasteiger partial charge is 0.454 e. The Labute approximate surface area is 117 Å². The Hall–Kier alpha value is -2.62. The summed E-state index contributed by atoms with van der Waals surface area (Å²) in [5.74, 6) is -2.53. The summed E-state index contributed by atoms with van der Waals surface area (Å²) < 4.78 is 51.7. The summed E-state index contributed by atoms with van der Waals surface area (Å²) in [4.78, 5) is 11.0. The minimum Gasteiger partial charge on any atom is -0.349 e. The van der Waals surface area contributed by atoms with Crippen LogP contribution in [0.3, 0.4) is 0 Å². The van der Waals surface area contributed by atoms with E-state index in [0.717, 1.165) is 18.3 Å². The van der Waals surface area contributed by atoms with Crippen LogP contribution in [0.15, 0.2) is 36.7 Å². The van der Waals surface area contributed by atoms with E-state index in [1.165, 1.54) is 22.9 Å². The van der Waals surface area contributed by atoms with Gasteiger partial charge in [0.2, 0.25) is 0 Å². The number of benzene rings is 1. The fraction of sp³-hybridized carbons (Fsp3) is 0.143. The van der Waals surface area contributed by atoms with Crippen molar-refractivity contribution in [2.45, 2.75) is 12.7 Å². The van der Waals surface area contributed by atoms with Crippen LogP contribution in [-0.4, -0.2) is 16.5 Å². The number of ketones is 1. The van der Waals surface area contributed by atoms with Gasteiger partial charge in [0.05, 0.1) is 11.6 Å². The number of aromatic nitrogens is 1. The first-order chi connectivity index (χ1) is 9.81. The lowest BCUT2D eigenvalue weighted by Gasteiger charge is -2.05. The van der Waals surface area contributed by atoms with Crippen LogP contribution in [0.1, 0.15) is 21.5 Å².